The fourth-order valence-electron chi connectivity index (χ4n) is 5.49. The van der Waals surface area contributed by atoms with Crippen LogP contribution in [-0.2, 0) is 30.9 Å². The van der Waals surface area contributed by atoms with E-state index in [0.717, 1.165) is 33.2 Å². The maximum Gasteiger partial charge on any atom is 0.267 e. The number of hydrogen-bond acceptors (Lipinski definition) is 5. The van der Waals surface area contributed by atoms with E-state index < -0.39 is 0 Å². The molecule has 6 rings (SSSR count). The number of carbonyl (C=O) groups is 1. The molecule has 0 atom stereocenters. The largest absolute Gasteiger partial charge is 0.490 e. The van der Waals surface area contributed by atoms with Crippen LogP contribution in [0.2, 0.25) is 0 Å². The van der Waals surface area contributed by atoms with Crippen LogP contribution in [0.5, 0.6) is 11.5 Å². The molecule has 0 aliphatic carbocycles. The van der Waals surface area contributed by atoms with Crippen molar-refractivity contribution >= 4 is 39.7 Å². The quantitative estimate of drug-likeness (QED) is 0.103. The number of nitrogens with zero attached hydrogens (tertiary/aromatic N) is 2. The predicted octanol–water partition coefficient (Wildman–Crippen LogP) is 9.22. The van der Waals surface area contributed by atoms with Crippen molar-refractivity contribution in [1.82, 2.24) is 4.90 Å². The van der Waals surface area contributed by atoms with Crippen molar-refractivity contribution in [2.45, 2.75) is 33.0 Å². The van der Waals surface area contributed by atoms with Crippen LogP contribution in [0.3, 0.4) is 0 Å². The van der Waals surface area contributed by atoms with Gasteiger partial charge >= 0.3 is 0 Å². The zero-order chi connectivity index (χ0) is 31.7. The number of hydrogen-bond donors (Lipinski definition) is 0. The Labute approximate surface area is 274 Å². The molecule has 1 amide bonds. The Bertz CT molecular complexity index is 1900. The highest BCUT2D eigenvalue weighted by atomic mass is 32.2. The topological polar surface area (TPSA) is 51.1 Å². The third kappa shape index (κ3) is 7.24. The molecule has 1 fully saturated rings. The average molecular weight is 625 g/mol. The summed E-state index contributed by atoms with van der Waals surface area (Å²) in [5.41, 5.74) is 5.05. The lowest BCUT2D eigenvalue weighted by molar-refractivity contribution is -0.122. The van der Waals surface area contributed by atoms with Gasteiger partial charge in [0.1, 0.15) is 6.61 Å². The molecule has 230 valence electrons. The second-order valence-electron chi connectivity index (χ2n) is 10.9. The Morgan fingerprint density at radius 1 is 0.826 bits per heavy atom. The minimum Gasteiger partial charge on any atom is -0.490 e. The summed E-state index contributed by atoms with van der Waals surface area (Å²) in [6.07, 6.45) is 4.38. The Hall–Kier alpha value is -5.07. The Morgan fingerprint density at radius 2 is 1.54 bits per heavy atom. The molecule has 0 radical (unpaired) electrons. The molecule has 0 N–H and O–H groups in total. The van der Waals surface area contributed by atoms with Crippen molar-refractivity contribution in [2.75, 3.05) is 6.61 Å². The number of ether oxygens (including phenoxy) is 2. The van der Waals surface area contributed by atoms with Crippen LogP contribution >= 0.6 is 11.8 Å². The monoisotopic (exact) mass is 624 g/mol. The lowest BCUT2D eigenvalue weighted by atomic mass is 10.0. The molecule has 1 saturated heterocycles. The van der Waals surface area contributed by atoms with Gasteiger partial charge in [-0.2, -0.15) is 0 Å². The summed E-state index contributed by atoms with van der Waals surface area (Å²) in [6, 6.07) is 38.7. The summed E-state index contributed by atoms with van der Waals surface area (Å²) in [4.78, 5) is 21.1. The normalized spacial score (nSPS) is 14.7. The summed E-state index contributed by atoms with van der Waals surface area (Å²) in [7, 11) is 0. The van der Waals surface area contributed by atoms with Gasteiger partial charge in [-0.05, 0) is 76.3 Å². The molecule has 1 aliphatic rings. The van der Waals surface area contributed by atoms with E-state index >= 15 is 0 Å². The molecular weight excluding hydrogens is 589 g/mol. The zero-order valence-electron chi connectivity index (χ0n) is 25.9. The number of amidine groups is 1. The maximum absolute atomic E-state index is 13.9. The molecule has 5 aromatic carbocycles. The summed E-state index contributed by atoms with van der Waals surface area (Å²) in [5, 5.41) is 3.03. The van der Waals surface area contributed by atoms with E-state index in [1.807, 2.05) is 97.9 Å². The molecule has 6 heteroatoms. The summed E-state index contributed by atoms with van der Waals surface area (Å²) < 4.78 is 12.6. The number of thioether (sulfide) groups is 1. The highest BCUT2D eigenvalue weighted by molar-refractivity contribution is 8.18. The van der Waals surface area contributed by atoms with Crippen molar-refractivity contribution in [2.24, 2.45) is 4.99 Å². The van der Waals surface area contributed by atoms with E-state index in [1.54, 1.807) is 4.90 Å². The average Bonchev–Trinajstić information content (AvgIpc) is 3.37. The number of rotatable bonds is 12. The van der Waals surface area contributed by atoms with E-state index in [9.17, 15) is 4.79 Å². The molecule has 0 saturated carbocycles. The van der Waals surface area contributed by atoms with Crippen molar-refractivity contribution < 1.29 is 14.3 Å². The third-order valence-corrected chi connectivity index (χ3v) is 8.72. The summed E-state index contributed by atoms with van der Waals surface area (Å²) >= 11 is 1.41. The fourth-order valence-corrected chi connectivity index (χ4v) is 6.47. The zero-order valence-corrected chi connectivity index (χ0v) is 26.7. The molecule has 0 aromatic heterocycles. The predicted molar refractivity (Wildman–Crippen MR) is 190 cm³/mol. The van der Waals surface area contributed by atoms with Gasteiger partial charge in [0.05, 0.1) is 24.6 Å². The first-order valence-electron chi connectivity index (χ1n) is 15.5. The van der Waals surface area contributed by atoms with E-state index in [4.69, 9.17) is 14.5 Å². The van der Waals surface area contributed by atoms with E-state index in [2.05, 4.69) is 43.0 Å². The number of allylic oxidation sites excluding steroid dienone is 1. The number of aliphatic imine (C=N–C) groups is 1. The first-order valence-corrected chi connectivity index (χ1v) is 16.3. The van der Waals surface area contributed by atoms with Gasteiger partial charge in [0, 0.05) is 5.56 Å². The second kappa shape index (κ2) is 14.8. The van der Waals surface area contributed by atoms with Gasteiger partial charge in [0.25, 0.3) is 5.91 Å². The fraction of sp³-hybridized carbons (Fsp3) is 0.150. The lowest BCUT2D eigenvalue weighted by Crippen LogP contribution is -2.28. The molecule has 46 heavy (non-hydrogen) atoms. The van der Waals surface area contributed by atoms with Crippen LogP contribution in [0.25, 0.3) is 16.8 Å². The van der Waals surface area contributed by atoms with E-state index in [-0.39, 0.29) is 5.91 Å². The molecule has 1 heterocycles. The molecule has 0 unspecified atom stereocenters. The Kier molecular flexibility index (Phi) is 9.96. The van der Waals surface area contributed by atoms with Crippen molar-refractivity contribution in [3.05, 3.63) is 161 Å². The van der Waals surface area contributed by atoms with Gasteiger partial charge in [-0.3, -0.25) is 14.7 Å². The van der Waals surface area contributed by atoms with Crippen LogP contribution in [0.1, 0.15) is 34.7 Å². The number of carbonyl (C=O) groups excluding carboxylic acids is 1. The van der Waals surface area contributed by atoms with Crippen molar-refractivity contribution in [3.63, 3.8) is 0 Å². The number of benzene rings is 5. The van der Waals surface area contributed by atoms with Gasteiger partial charge in [0.15, 0.2) is 16.7 Å². The molecule has 1 aliphatic heterocycles. The molecule has 0 bridgehead atoms. The molecular formula is C40H36N2O3S. The van der Waals surface area contributed by atoms with E-state index in [1.165, 1.54) is 17.1 Å². The lowest BCUT2D eigenvalue weighted by Gasteiger charge is -2.18. The Balaban J connectivity index is 1.32. The van der Waals surface area contributed by atoms with Crippen LogP contribution in [-0.4, -0.2) is 22.6 Å². The van der Waals surface area contributed by atoms with Gasteiger partial charge in [-0.15, -0.1) is 6.58 Å². The first-order chi connectivity index (χ1) is 22.6. The van der Waals surface area contributed by atoms with Crippen molar-refractivity contribution in [1.29, 1.82) is 0 Å². The van der Waals surface area contributed by atoms with Gasteiger partial charge < -0.3 is 9.47 Å². The van der Waals surface area contributed by atoms with Crippen LogP contribution in [0.4, 0.5) is 0 Å². The highest BCUT2D eigenvalue weighted by Crippen LogP contribution is 2.38. The molecule has 5 nitrogen and oxygen atoms in total. The minimum atomic E-state index is -0.0693. The molecule has 0 spiro atoms. The summed E-state index contributed by atoms with van der Waals surface area (Å²) in [6.45, 7) is 7.77. The van der Waals surface area contributed by atoms with Crippen LogP contribution in [0, 0.1) is 0 Å². The second-order valence-corrected chi connectivity index (χ2v) is 11.9. The van der Waals surface area contributed by atoms with E-state index in [0.29, 0.717) is 54.3 Å². The third-order valence-electron chi connectivity index (χ3n) is 7.68. The highest BCUT2D eigenvalue weighted by Gasteiger charge is 2.33. The van der Waals surface area contributed by atoms with Crippen LogP contribution in [0.15, 0.2) is 138 Å². The standard InChI is InChI=1S/C40H36N2O3S/c1-3-14-33-23-31(24-36(44-4-2)38(33)45-28-34-21-13-20-32-19-11-12-22-35(32)34)25-37-39(43)42(27-30-17-9-6-10-18-30)40(46-37)41-26-29-15-7-5-8-16-29/h3,5-13,15-25H,1,4,14,26-28H2,2H3/b37-25+,41-40?. The van der Waals surface area contributed by atoms with Gasteiger partial charge in [0.2, 0.25) is 0 Å². The number of fused-ring (bicyclic) bond motifs is 1. The van der Waals surface area contributed by atoms with Crippen molar-refractivity contribution in [3.8, 4) is 11.5 Å². The molecule has 5 aromatic rings. The smallest absolute Gasteiger partial charge is 0.267 e. The SMILES string of the molecule is C=CCc1cc(/C=C2/SC(=NCc3ccccc3)N(Cc3ccccc3)C2=O)cc(OCC)c1OCc1cccc2ccccc12. The Morgan fingerprint density at radius 3 is 2.30 bits per heavy atom. The first kappa shape index (κ1) is 30.9. The van der Waals surface area contributed by atoms with Crippen LogP contribution < -0.4 is 9.47 Å². The minimum absolute atomic E-state index is 0.0693. The van der Waals surface area contributed by atoms with Gasteiger partial charge in [-0.25, -0.2) is 0 Å². The summed E-state index contributed by atoms with van der Waals surface area (Å²) in [5.74, 6) is 1.27. The number of amides is 1. The van der Waals surface area contributed by atoms with Gasteiger partial charge in [-0.1, -0.05) is 109 Å². The maximum atomic E-state index is 13.9.